The minimum atomic E-state index is -0.602. The zero-order chi connectivity index (χ0) is 10.8. The molecule has 4 heteroatoms. The number of halogens is 1. The molecule has 0 heterocycles. The molecule has 3 nitrogen and oxygen atoms in total. The molecule has 0 aliphatic rings. The maximum Gasteiger partial charge on any atom is 0.243 e. The molecule has 0 unspecified atom stereocenters. The molecule has 0 bridgehead atoms. The predicted molar refractivity (Wildman–Crippen MR) is 59.5 cm³/mol. The van der Waals surface area contributed by atoms with Crippen molar-refractivity contribution >= 4 is 21.8 Å². The Balaban J connectivity index is 3.03. The van der Waals surface area contributed by atoms with E-state index < -0.39 is 5.41 Å². The van der Waals surface area contributed by atoms with E-state index in [1.807, 2.05) is 38.1 Å². The number of hydrogen-bond acceptors (Lipinski definition) is 2. The van der Waals surface area contributed by atoms with Crippen LogP contribution in [0.3, 0.4) is 0 Å². The fourth-order valence-electron chi connectivity index (χ4n) is 1.18. The van der Waals surface area contributed by atoms with E-state index in [4.69, 9.17) is 5.84 Å². The molecular weight excluding hydrogens is 244 g/mol. The van der Waals surface area contributed by atoms with Crippen LogP contribution in [0.4, 0.5) is 0 Å². The van der Waals surface area contributed by atoms with Crippen molar-refractivity contribution in [3.63, 3.8) is 0 Å². The lowest BCUT2D eigenvalue weighted by Gasteiger charge is -2.22. The Morgan fingerprint density at radius 1 is 1.36 bits per heavy atom. The number of nitrogens with one attached hydrogen (secondary N) is 1. The Labute approximate surface area is 91.8 Å². The maximum atomic E-state index is 11.5. The van der Waals surface area contributed by atoms with Crippen LogP contribution in [0.1, 0.15) is 19.4 Å². The number of amides is 1. The van der Waals surface area contributed by atoms with Gasteiger partial charge in [0.25, 0.3) is 0 Å². The Bertz CT molecular complexity index is 332. The van der Waals surface area contributed by atoms with Gasteiger partial charge in [-0.2, -0.15) is 0 Å². The molecule has 0 aliphatic carbocycles. The van der Waals surface area contributed by atoms with E-state index in [1.54, 1.807) is 0 Å². The SMILES string of the molecule is CC(C)(C(=O)NN)c1ccc(Br)cc1. The standard InChI is InChI=1S/C10H13BrN2O/c1-10(2,9(14)13-12)7-3-5-8(11)6-4-7/h3-6H,12H2,1-2H3,(H,13,14). The normalized spacial score (nSPS) is 11.1. The zero-order valence-electron chi connectivity index (χ0n) is 8.17. The lowest BCUT2D eigenvalue weighted by atomic mass is 9.84. The average Bonchev–Trinajstić information content (AvgIpc) is 2.17. The largest absolute Gasteiger partial charge is 0.294 e. The summed E-state index contributed by atoms with van der Waals surface area (Å²) >= 11 is 3.34. The van der Waals surface area contributed by atoms with Crippen molar-refractivity contribution < 1.29 is 4.79 Å². The van der Waals surface area contributed by atoms with E-state index in [1.165, 1.54) is 0 Å². The van der Waals surface area contributed by atoms with Gasteiger partial charge in [-0.3, -0.25) is 10.2 Å². The minimum Gasteiger partial charge on any atom is -0.294 e. The molecule has 3 N–H and O–H groups in total. The van der Waals surface area contributed by atoms with Crippen molar-refractivity contribution in [2.45, 2.75) is 19.3 Å². The molecule has 0 spiro atoms. The summed E-state index contributed by atoms with van der Waals surface area (Å²) in [7, 11) is 0. The van der Waals surface area contributed by atoms with Crippen LogP contribution < -0.4 is 11.3 Å². The van der Waals surface area contributed by atoms with Crippen molar-refractivity contribution in [1.29, 1.82) is 0 Å². The highest BCUT2D eigenvalue weighted by atomic mass is 79.9. The fraction of sp³-hybridized carbons (Fsp3) is 0.300. The third kappa shape index (κ3) is 2.13. The second kappa shape index (κ2) is 4.11. The van der Waals surface area contributed by atoms with Crippen LogP contribution in [0.5, 0.6) is 0 Å². The number of benzene rings is 1. The third-order valence-corrected chi connectivity index (χ3v) is 2.79. The van der Waals surface area contributed by atoms with Crippen molar-refractivity contribution in [3.8, 4) is 0 Å². The summed E-state index contributed by atoms with van der Waals surface area (Å²) in [5.41, 5.74) is 2.50. The number of carbonyl (C=O) groups is 1. The van der Waals surface area contributed by atoms with Gasteiger partial charge < -0.3 is 0 Å². The summed E-state index contributed by atoms with van der Waals surface area (Å²) in [6, 6.07) is 7.61. The molecule has 1 rings (SSSR count). The molecule has 1 aromatic carbocycles. The molecule has 0 radical (unpaired) electrons. The summed E-state index contributed by atoms with van der Waals surface area (Å²) in [5.74, 6) is 4.92. The lowest BCUT2D eigenvalue weighted by Crippen LogP contribution is -2.43. The predicted octanol–water partition coefficient (Wildman–Crippen LogP) is 1.72. The number of hydrogen-bond donors (Lipinski definition) is 2. The van der Waals surface area contributed by atoms with Crippen molar-refractivity contribution in [2.75, 3.05) is 0 Å². The van der Waals surface area contributed by atoms with Crippen LogP contribution in [-0.2, 0) is 10.2 Å². The van der Waals surface area contributed by atoms with Gasteiger partial charge in [-0.1, -0.05) is 28.1 Å². The summed E-state index contributed by atoms with van der Waals surface area (Å²) < 4.78 is 0.991. The van der Waals surface area contributed by atoms with Gasteiger partial charge in [-0.15, -0.1) is 0 Å². The molecule has 0 fully saturated rings. The second-order valence-electron chi connectivity index (χ2n) is 3.61. The molecule has 0 aliphatic heterocycles. The van der Waals surface area contributed by atoms with Crippen LogP contribution >= 0.6 is 15.9 Å². The van der Waals surface area contributed by atoms with Crippen molar-refractivity contribution in [1.82, 2.24) is 5.43 Å². The van der Waals surface area contributed by atoms with Crippen LogP contribution in [-0.4, -0.2) is 5.91 Å². The number of hydrazine groups is 1. The Morgan fingerprint density at radius 3 is 2.29 bits per heavy atom. The number of nitrogens with two attached hydrogens (primary N) is 1. The number of rotatable bonds is 2. The maximum absolute atomic E-state index is 11.5. The van der Waals surface area contributed by atoms with E-state index in [2.05, 4.69) is 21.4 Å². The summed E-state index contributed by atoms with van der Waals surface area (Å²) in [6.45, 7) is 3.66. The van der Waals surface area contributed by atoms with Crippen LogP contribution in [0, 0.1) is 0 Å². The van der Waals surface area contributed by atoms with E-state index >= 15 is 0 Å². The van der Waals surface area contributed by atoms with E-state index in [9.17, 15) is 4.79 Å². The molecule has 0 saturated heterocycles. The summed E-state index contributed by atoms with van der Waals surface area (Å²) in [5, 5.41) is 0. The first-order chi connectivity index (χ1) is 6.48. The van der Waals surface area contributed by atoms with Gasteiger partial charge in [0.05, 0.1) is 5.41 Å². The Kier molecular flexibility index (Phi) is 3.29. The number of carbonyl (C=O) groups excluding carboxylic acids is 1. The topological polar surface area (TPSA) is 55.1 Å². The van der Waals surface area contributed by atoms with Crippen LogP contribution in [0.2, 0.25) is 0 Å². The van der Waals surface area contributed by atoms with Gasteiger partial charge >= 0.3 is 0 Å². The fourth-order valence-corrected chi connectivity index (χ4v) is 1.44. The van der Waals surface area contributed by atoms with Gasteiger partial charge in [-0.25, -0.2) is 5.84 Å². The molecule has 0 atom stereocenters. The Morgan fingerprint density at radius 2 is 1.86 bits per heavy atom. The first-order valence-corrected chi connectivity index (χ1v) is 5.05. The highest BCUT2D eigenvalue weighted by molar-refractivity contribution is 9.10. The lowest BCUT2D eigenvalue weighted by molar-refractivity contribution is -0.125. The van der Waals surface area contributed by atoms with Gasteiger partial charge in [-0.05, 0) is 31.5 Å². The van der Waals surface area contributed by atoms with Gasteiger partial charge in [0.1, 0.15) is 0 Å². The third-order valence-electron chi connectivity index (χ3n) is 2.26. The molecular formula is C10H13BrN2O. The van der Waals surface area contributed by atoms with E-state index in [0.717, 1.165) is 10.0 Å². The van der Waals surface area contributed by atoms with Crippen molar-refractivity contribution in [3.05, 3.63) is 34.3 Å². The van der Waals surface area contributed by atoms with Crippen LogP contribution in [0.25, 0.3) is 0 Å². The first kappa shape index (κ1) is 11.2. The zero-order valence-corrected chi connectivity index (χ0v) is 9.76. The van der Waals surface area contributed by atoms with E-state index in [-0.39, 0.29) is 5.91 Å². The monoisotopic (exact) mass is 256 g/mol. The summed E-state index contributed by atoms with van der Waals surface area (Å²) in [6.07, 6.45) is 0. The van der Waals surface area contributed by atoms with E-state index in [0.29, 0.717) is 0 Å². The van der Waals surface area contributed by atoms with Gasteiger partial charge in [0, 0.05) is 4.47 Å². The highest BCUT2D eigenvalue weighted by Gasteiger charge is 2.28. The average molecular weight is 257 g/mol. The molecule has 0 aromatic heterocycles. The summed E-state index contributed by atoms with van der Waals surface area (Å²) in [4.78, 5) is 11.5. The molecule has 1 amide bonds. The van der Waals surface area contributed by atoms with Gasteiger partial charge in [0.15, 0.2) is 0 Å². The second-order valence-corrected chi connectivity index (χ2v) is 4.52. The quantitative estimate of drug-likeness (QED) is 0.481. The minimum absolute atomic E-state index is 0.195. The molecule has 76 valence electrons. The highest BCUT2D eigenvalue weighted by Crippen LogP contribution is 2.24. The Hall–Kier alpha value is -0.870. The molecule has 0 saturated carbocycles. The molecule has 14 heavy (non-hydrogen) atoms. The van der Waals surface area contributed by atoms with Crippen molar-refractivity contribution in [2.24, 2.45) is 5.84 Å². The van der Waals surface area contributed by atoms with Crippen LogP contribution in [0.15, 0.2) is 28.7 Å². The first-order valence-electron chi connectivity index (χ1n) is 4.25. The smallest absolute Gasteiger partial charge is 0.243 e. The molecule has 1 aromatic rings. The van der Waals surface area contributed by atoms with Gasteiger partial charge in [0.2, 0.25) is 5.91 Å².